The van der Waals surface area contributed by atoms with Crippen molar-refractivity contribution in [3.63, 3.8) is 0 Å². The topological polar surface area (TPSA) is 72.2 Å². The minimum absolute atomic E-state index is 0.00820. The summed E-state index contributed by atoms with van der Waals surface area (Å²) in [6.07, 6.45) is 7.19. The van der Waals surface area contributed by atoms with Crippen LogP contribution in [-0.2, 0) is 0 Å². The lowest BCUT2D eigenvalue weighted by molar-refractivity contribution is -0.385. The maximum atomic E-state index is 12.1. The Labute approximate surface area is 121 Å². The summed E-state index contributed by atoms with van der Waals surface area (Å²) in [4.78, 5) is 22.4. The lowest BCUT2D eigenvalue weighted by atomic mass is 9.94. The van der Waals surface area contributed by atoms with E-state index in [0.717, 1.165) is 19.3 Å². The van der Waals surface area contributed by atoms with Crippen LogP contribution in [0.25, 0.3) is 0 Å². The fraction of sp³-hybridized carbons (Fsp3) is 0.357. The maximum Gasteiger partial charge on any atom is 0.282 e. The zero-order chi connectivity index (χ0) is 14.5. The average Bonchev–Trinajstić information content (AvgIpc) is 2.45. The molecule has 1 atom stereocenters. The highest BCUT2D eigenvalue weighted by Gasteiger charge is 2.21. The number of carbonyl (C=O) groups excluding carboxylic acids is 1. The zero-order valence-corrected chi connectivity index (χ0v) is 11.6. The molecule has 0 saturated carbocycles. The summed E-state index contributed by atoms with van der Waals surface area (Å²) in [7, 11) is 0. The molecule has 0 bridgehead atoms. The Morgan fingerprint density at radius 2 is 2.25 bits per heavy atom. The minimum atomic E-state index is -0.575. The van der Waals surface area contributed by atoms with Crippen LogP contribution in [0.3, 0.4) is 0 Å². The number of nitro groups is 1. The Balaban J connectivity index is 2.06. The van der Waals surface area contributed by atoms with Crippen molar-refractivity contribution in [2.24, 2.45) is 5.92 Å². The van der Waals surface area contributed by atoms with Gasteiger partial charge in [0, 0.05) is 17.6 Å². The van der Waals surface area contributed by atoms with E-state index in [0.29, 0.717) is 17.5 Å². The highest BCUT2D eigenvalue weighted by atomic mass is 35.5. The summed E-state index contributed by atoms with van der Waals surface area (Å²) in [6, 6.07) is 3.98. The van der Waals surface area contributed by atoms with E-state index in [1.165, 1.54) is 18.2 Å². The summed E-state index contributed by atoms with van der Waals surface area (Å²) in [5.41, 5.74) is -0.218. The third-order valence-electron chi connectivity index (χ3n) is 3.33. The lowest BCUT2D eigenvalue weighted by Crippen LogP contribution is -2.30. The van der Waals surface area contributed by atoms with Crippen LogP contribution in [0.15, 0.2) is 30.4 Å². The van der Waals surface area contributed by atoms with Crippen LogP contribution in [0.2, 0.25) is 5.02 Å². The normalized spacial score (nSPS) is 17.8. The van der Waals surface area contributed by atoms with Gasteiger partial charge in [-0.15, -0.1) is 0 Å². The summed E-state index contributed by atoms with van der Waals surface area (Å²) in [5.74, 6) is -0.0593. The standard InChI is InChI=1S/C14H15ClN2O3/c15-11-6-7-13(17(19)20)12(8-11)14(18)16-9-10-4-2-1-3-5-10/h1-2,6-8,10H,3-5,9H2,(H,16,18). The van der Waals surface area contributed by atoms with Gasteiger partial charge in [-0.3, -0.25) is 14.9 Å². The predicted octanol–water partition coefficient (Wildman–Crippen LogP) is 3.33. The molecule has 0 radical (unpaired) electrons. The number of halogens is 1. The molecule has 0 spiro atoms. The van der Waals surface area contributed by atoms with Gasteiger partial charge in [0.15, 0.2) is 0 Å². The number of hydrogen-bond donors (Lipinski definition) is 1. The Morgan fingerprint density at radius 3 is 2.90 bits per heavy atom. The van der Waals surface area contributed by atoms with Crippen molar-refractivity contribution in [3.05, 3.63) is 51.1 Å². The second-order valence-corrected chi connectivity index (χ2v) is 5.22. The molecule has 0 fully saturated rings. The molecule has 1 aliphatic rings. The van der Waals surface area contributed by atoms with Crippen molar-refractivity contribution in [1.29, 1.82) is 0 Å². The molecule has 5 nitrogen and oxygen atoms in total. The third kappa shape index (κ3) is 3.57. The molecule has 0 aliphatic heterocycles. The second kappa shape index (κ2) is 6.52. The highest BCUT2D eigenvalue weighted by Crippen LogP contribution is 2.23. The number of nitrogens with zero attached hydrogens (tertiary/aromatic N) is 1. The summed E-state index contributed by atoms with van der Waals surface area (Å²) in [6.45, 7) is 0.521. The van der Waals surface area contributed by atoms with Crippen molar-refractivity contribution in [3.8, 4) is 0 Å². The molecule has 0 saturated heterocycles. The van der Waals surface area contributed by atoms with Gasteiger partial charge in [-0.25, -0.2) is 0 Å². The average molecular weight is 295 g/mol. The van der Waals surface area contributed by atoms with Gasteiger partial charge in [0.25, 0.3) is 11.6 Å². The molecular formula is C14H15ClN2O3. The molecule has 1 aliphatic carbocycles. The number of hydrogen-bond acceptors (Lipinski definition) is 3. The van der Waals surface area contributed by atoms with E-state index in [9.17, 15) is 14.9 Å². The zero-order valence-electron chi connectivity index (χ0n) is 10.8. The summed E-state index contributed by atoms with van der Waals surface area (Å²) in [5, 5.41) is 14.0. The molecule has 20 heavy (non-hydrogen) atoms. The fourth-order valence-electron chi connectivity index (χ4n) is 2.22. The van der Waals surface area contributed by atoms with Crippen molar-refractivity contribution < 1.29 is 9.72 Å². The Bertz CT molecular complexity index is 557. The first-order valence-electron chi connectivity index (χ1n) is 6.45. The van der Waals surface area contributed by atoms with Crippen LogP contribution >= 0.6 is 11.6 Å². The number of nitrogens with one attached hydrogen (secondary N) is 1. The number of allylic oxidation sites excluding steroid dienone is 2. The number of rotatable bonds is 4. The van der Waals surface area contributed by atoms with E-state index >= 15 is 0 Å². The molecule has 1 unspecified atom stereocenters. The van der Waals surface area contributed by atoms with E-state index < -0.39 is 10.8 Å². The van der Waals surface area contributed by atoms with Crippen molar-refractivity contribution in [1.82, 2.24) is 5.32 Å². The number of carbonyl (C=O) groups is 1. The number of nitro benzene ring substituents is 1. The van der Waals surface area contributed by atoms with E-state index in [4.69, 9.17) is 11.6 Å². The molecule has 2 rings (SSSR count). The lowest BCUT2D eigenvalue weighted by Gasteiger charge is -2.18. The Morgan fingerprint density at radius 1 is 1.45 bits per heavy atom. The van der Waals surface area contributed by atoms with Crippen LogP contribution < -0.4 is 5.32 Å². The van der Waals surface area contributed by atoms with Crippen LogP contribution in [0.4, 0.5) is 5.69 Å². The molecule has 0 heterocycles. The fourth-order valence-corrected chi connectivity index (χ4v) is 2.40. The van der Waals surface area contributed by atoms with Crippen molar-refractivity contribution in [2.45, 2.75) is 19.3 Å². The minimum Gasteiger partial charge on any atom is -0.352 e. The van der Waals surface area contributed by atoms with Crippen LogP contribution in [0.5, 0.6) is 0 Å². The monoisotopic (exact) mass is 294 g/mol. The van der Waals surface area contributed by atoms with Gasteiger partial charge in [0.1, 0.15) is 5.56 Å². The predicted molar refractivity (Wildman–Crippen MR) is 76.9 cm³/mol. The van der Waals surface area contributed by atoms with Crippen molar-refractivity contribution >= 4 is 23.2 Å². The number of benzene rings is 1. The van der Waals surface area contributed by atoms with Crippen LogP contribution in [0.1, 0.15) is 29.6 Å². The van der Waals surface area contributed by atoms with E-state index in [-0.39, 0.29) is 11.3 Å². The molecular weight excluding hydrogens is 280 g/mol. The quantitative estimate of drug-likeness (QED) is 0.526. The molecule has 1 amide bonds. The summed E-state index contributed by atoms with van der Waals surface area (Å²) >= 11 is 5.80. The van der Waals surface area contributed by atoms with Gasteiger partial charge in [-0.1, -0.05) is 23.8 Å². The van der Waals surface area contributed by atoms with E-state index in [2.05, 4.69) is 17.5 Å². The van der Waals surface area contributed by atoms with Crippen LogP contribution in [0, 0.1) is 16.0 Å². The molecule has 1 aromatic carbocycles. The largest absolute Gasteiger partial charge is 0.352 e. The highest BCUT2D eigenvalue weighted by molar-refractivity contribution is 6.31. The van der Waals surface area contributed by atoms with Crippen LogP contribution in [-0.4, -0.2) is 17.4 Å². The Hall–Kier alpha value is -1.88. The first-order chi connectivity index (χ1) is 9.58. The van der Waals surface area contributed by atoms with Gasteiger partial charge in [0.05, 0.1) is 4.92 Å². The molecule has 0 aromatic heterocycles. The van der Waals surface area contributed by atoms with E-state index in [1.54, 1.807) is 0 Å². The van der Waals surface area contributed by atoms with Gasteiger partial charge in [-0.2, -0.15) is 0 Å². The number of amides is 1. The smallest absolute Gasteiger partial charge is 0.282 e. The SMILES string of the molecule is O=C(NCC1CC=CCC1)c1cc(Cl)ccc1[N+](=O)[O-]. The second-order valence-electron chi connectivity index (χ2n) is 4.78. The van der Waals surface area contributed by atoms with Gasteiger partial charge < -0.3 is 5.32 Å². The molecule has 1 aromatic rings. The molecule has 1 N–H and O–H groups in total. The molecule has 6 heteroatoms. The van der Waals surface area contributed by atoms with Gasteiger partial charge in [0.2, 0.25) is 0 Å². The van der Waals surface area contributed by atoms with Gasteiger partial charge in [-0.05, 0) is 37.3 Å². The van der Waals surface area contributed by atoms with E-state index in [1.807, 2.05) is 0 Å². The van der Waals surface area contributed by atoms with Crippen molar-refractivity contribution in [2.75, 3.05) is 6.54 Å². The summed E-state index contributed by atoms with van der Waals surface area (Å²) < 4.78 is 0. The maximum absolute atomic E-state index is 12.1. The first-order valence-corrected chi connectivity index (χ1v) is 6.83. The first kappa shape index (κ1) is 14.5. The Kier molecular flexibility index (Phi) is 4.74. The molecule has 106 valence electrons. The van der Waals surface area contributed by atoms with Gasteiger partial charge >= 0.3 is 0 Å². The third-order valence-corrected chi connectivity index (χ3v) is 3.56.